The van der Waals surface area contributed by atoms with Crippen LogP contribution in [0.5, 0.6) is 5.75 Å². The van der Waals surface area contributed by atoms with Gasteiger partial charge in [0.15, 0.2) is 0 Å². The monoisotopic (exact) mass is 330 g/mol. The van der Waals surface area contributed by atoms with Crippen molar-refractivity contribution >= 4 is 5.91 Å². The molecule has 2 N–H and O–H groups in total. The molecular formula is C15H20F2N2O4. The second kappa shape index (κ2) is 8.19. The van der Waals surface area contributed by atoms with Crippen molar-refractivity contribution in [3.05, 3.63) is 29.8 Å². The minimum Gasteiger partial charge on any atom is -0.435 e. The summed E-state index contributed by atoms with van der Waals surface area (Å²) in [5, 5.41) is 0. The van der Waals surface area contributed by atoms with E-state index in [1.165, 1.54) is 19.2 Å². The lowest BCUT2D eigenvalue weighted by Crippen LogP contribution is -2.50. The van der Waals surface area contributed by atoms with E-state index in [1.807, 2.05) is 0 Å². The van der Waals surface area contributed by atoms with Crippen LogP contribution in [-0.4, -0.2) is 56.9 Å². The van der Waals surface area contributed by atoms with Crippen molar-refractivity contribution in [1.29, 1.82) is 0 Å². The first kappa shape index (κ1) is 17.6. The molecule has 1 aliphatic rings. The number of nitrogens with two attached hydrogens (primary N) is 1. The summed E-state index contributed by atoms with van der Waals surface area (Å²) in [7, 11) is 1.48. The molecule has 1 aliphatic heterocycles. The van der Waals surface area contributed by atoms with Gasteiger partial charge in [-0.05, 0) is 17.7 Å². The molecule has 2 atom stereocenters. The predicted molar refractivity (Wildman–Crippen MR) is 78.2 cm³/mol. The third kappa shape index (κ3) is 4.85. The third-order valence-electron chi connectivity index (χ3n) is 3.50. The van der Waals surface area contributed by atoms with Crippen molar-refractivity contribution in [3.63, 3.8) is 0 Å². The number of hydrogen-bond acceptors (Lipinski definition) is 5. The van der Waals surface area contributed by atoms with Crippen LogP contribution in [0.1, 0.15) is 11.7 Å². The van der Waals surface area contributed by atoms with E-state index in [2.05, 4.69) is 4.74 Å². The average molecular weight is 330 g/mol. The molecule has 2 unspecified atom stereocenters. The number of ether oxygens (including phenoxy) is 3. The summed E-state index contributed by atoms with van der Waals surface area (Å²) in [6, 6.07) is 5.54. The first-order valence-electron chi connectivity index (χ1n) is 7.21. The third-order valence-corrected chi connectivity index (χ3v) is 3.50. The van der Waals surface area contributed by atoms with Gasteiger partial charge in [-0.15, -0.1) is 0 Å². The molecule has 0 spiro atoms. The van der Waals surface area contributed by atoms with E-state index in [1.54, 1.807) is 17.0 Å². The van der Waals surface area contributed by atoms with Crippen LogP contribution in [0.4, 0.5) is 8.78 Å². The lowest BCUT2D eigenvalue weighted by Gasteiger charge is -2.34. The normalized spacial score (nSPS) is 19.7. The molecule has 1 heterocycles. The van der Waals surface area contributed by atoms with Crippen LogP contribution in [0.3, 0.4) is 0 Å². The maximum Gasteiger partial charge on any atom is 0.387 e. The summed E-state index contributed by atoms with van der Waals surface area (Å²) in [6.07, 6.45) is -0.413. The van der Waals surface area contributed by atoms with Crippen LogP contribution in [0.15, 0.2) is 24.3 Å². The van der Waals surface area contributed by atoms with E-state index >= 15 is 0 Å². The van der Waals surface area contributed by atoms with Crippen LogP contribution in [0, 0.1) is 0 Å². The summed E-state index contributed by atoms with van der Waals surface area (Å²) < 4.78 is 39.5. The van der Waals surface area contributed by atoms with Crippen LogP contribution in [0.25, 0.3) is 0 Å². The molecule has 6 nitrogen and oxygen atoms in total. The van der Waals surface area contributed by atoms with E-state index in [0.29, 0.717) is 25.3 Å². The number of rotatable bonds is 6. The summed E-state index contributed by atoms with van der Waals surface area (Å²) in [5.41, 5.74) is 6.43. The Hall–Kier alpha value is -1.77. The second-order valence-corrected chi connectivity index (χ2v) is 5.16. The molecule has 1 aromatic carbocycles. The number of carbonyl (C=O) groups is 1. The number of halogens is 2. The van der Waals surface area contributed by atoms with E-state index in [4.69, 9.17) is 15.2 Å². The molecule has 1 aromatic rings. The predicted octanol–water partition coefficient (Wildman–Crippen LogP) is 1.16. The van der Waals surface area contributed by atoms with Gasteiger partial charge >= 0.3 is 6.61 Å². The Labute approximate surface area is 133 Å². The summed E-state index contributed by atoms with van der Waals surface area (Å²) in [6.45, 7) is -1.68. The topological polar surface area (TPSA) is 74.0 Å². The lowest BCUT2D eigenvalue weighted by molar-refractivity contribution is -0.141. The Morgan fingerprint density at radius 3 is 3.00 bits per heavy atom. The molecule has 0 aliphatic carbocycles. The van der Waals surface area contributed by atoms with Crippen molar-refractivity contribution in [2.75, 3.05) is 33.4 Å². The van der Waals surface area contributed by atoms with Crippen molar-refractivity contribution in [2.24, 2.45) is 5.73 Å². The van der Waals surface area contributed by atoms with Crippen molar-refractivity contribution in [1.82, 2.24) is 4.90 Å². The number of methoxy groups -OCH3 is 1. The number of nitrogens with zero attached hydrogens (tertiary/aromatic N) is 1. The fraction of sp³-hybridized carbons (Fsp3) is 0.533. The highest BCUT2D eigenvalue weighted by atomic mass is 19.3. The number of amides is 1. The van der Waals surface area contributed by atoms with Crippen LogP contribution >= 0.6 is 0 Å². The molecule has 0 saturated carbocycles. The number of alkyl halides is 2. The van der Waals surface area contributed by atoms with Crippen molar-refractivity contribution < 1.29 is 27.8 Å². The number of benzene rings is 1. The molecule has 0 bridgehead atoms. The van der Waals surface area contributed by atoms with Gasteiger partial charge in [0, 0.05) is 13.7 Å². The smallest absolute Gasteiger partial charge is 0.387 e. The molecule has 8 heteroatoms. The Morgan fingerprint density at radius 1 is 1.52 bits per heavy atom. The standard InChI is InChI=1S/C15H20F2N2O4/c1-21-9-12(18)14(20)19-5-6-22-13(8-19)10-3-2-4-11(7-10)23-15(16)17/h2-4,7,12-13,15H,5-6,8-9,18H2,1H3. The van der Waals surface area contributed by atoms with Gasteiger partial charge in [0.05, 0.1) is 19.8 Å². The minimum atomic E-state index is -2.89. The molecular weight excluding hydrogens is 310 g/mol. The Balaban J connectivity index is 2.04. The van der Waals surface area contributed by atoms with Crippen molar-refractivity contribution in [3.8, 4) is 5.75 Å². The van der Waals surface area contributed by atoms with E-state index in [9.17, 15) is 13.6 Å². The van der Waals surface area contributed by atoms with E-state index < -0.39 is 18.8 Å². The molecule has 1 amide bonds. The van der Waals surface area contributed by atoms with Crippen LogP contribution in [-0.2, 0) is 14.3 Å². The molecule has 1 saturated heterocycles. The highest BCUT2D eigenvalue weighted by Crippen LogP contribution is 2.26. The molecule has 23 heavy (non-hydrogen) atoms. The zero-order valence-corrected chi connectivity index (χ0v) is 12.8. The zero-order chi connectivity index (χ0) is 16.8. The number of morpholine rings is 1. The van der Waals surface area contributed by atoms with E-state index in [0.717, 1.165) is 0 Å². The maximum absolute atomic E-state index is 12.3. The van der Waals surface area contributed by atoms with Crippen LogP contribution < -0.4 is 10.5 Å². The zero-order valence-electron chi connectivity index (χ0n) is 12.8. The Bertz CT molecular complexity index is 530. The van der Waals surface area contributed by atoms with Crippen molar-refractivity contribution in [2.45, 2.75) is 18.8 Å². The average Bonchev–Trinajstić information content (AvgIpc) is 2.54. The largest absolute Gasteiger partial charge is 0.435 e. The first-order chi connectivity index (χ1) is 11.0. The van der Waals surface area contributed by atoms with Crippen LogP contribution in [0.2, 0.25) is 0 Å². The fourth-order valence-electron chi connectivity index (χ4n) is 2.43. The number of carbonyl (C=O) groups excluding carboxylic acids is 1. The van der Waals surface area contributed by atoms with Gasteiger partial charge in [-0.25, -0.2) is 0 Å². The van der Waals surface area contributed by atoms with Gasteiger partial charge in [-0.1, -0.05) is 12.1 Å². The molecule has 1 fully saturated rings. The van der Waals surface area contributed by atoms with Gasteiger partial charge < -0.3 is 24.8 Å². The summed E-state index contributed by atoms with van der Waals surface area (Å²) in [5.74, 6) is -0.166. The van der Waals surface area contributed by atoms with Gasteiger partial charge in [0.2, 0.25) is 5.91 Å². The second-order valence-electron chi connectivity index (χ2n) is 5.16. The highest BCUT2D eigenvalue weighted by molar-refractivity contribution is 5.82. The first-order valence-corrected chi connectivity index (χ1v) is 7.21. The molecule has 128 valence electrons. The summed E-state index contributed by atoms with van der Waals surface area (Å²) >= 11 is 0. The van der Waals surface area contributed by atoms with Gasteiger partial charge in [0.25, 0.3) is 0 Å². The molecule has 0 radical (unpaired) electrons. The fourth-order valence-corrected chi connectivity index (χ4v) is 2.43. The molecule has 2 rings (SSSR count). The van der Waals surface area contributed by atoms with Gasteiger partial charge in [-0.3, -0.25) is 4.79 Å². The van der Waals surface area contributed by atoms with Gasteiger partial charge in [0.1, 0.15) is 17.9 Å². The summed E-state index contributed by atoms with van der Waals surface area (Å²) in [4.78, 5) is 13.8. The lowest BCUT2D eigenvalue weighted by atomic mass is 10.1. The number of hydrogen-bond donors (Lipinski definition) is 1. The quantitative estimate of drug-likeness (QED) is 0.847. The highest BCUT2D eigenvalue weighted by Gasteiger charge is 2.28. The van der Waals surface area contributed by atoms with Gasteiger partial charge in [-0.2, -0.15) is 8.78 Å². The minimum absolute atomic E-state index is 0.0561. The molecule has 0 aromatic heterocycles. The Morgan fingerprint density at radius 2 is 2.30 bits per heavy atom. The Kier molecular flexibility index (Phi) is 6.26. The van der Waals surface area contributed by atoms with E-state index in [-0.39, 0.29) is 18.3 Å². The maximum atomic E-state index is 12.3. The SMILES string of the molecule is COCC(N)C(=O)N1CCOC(c2cccc(OC(F)F)c2)C1.